The molecule has 1 aromatic heterocycles. The second-order valence-electron chi connectivity index (χ2n) is 7.90. The molecule has 2 aromatic rings. The molecule has 1 saturated heterocycles. The molecule has 1 aliphatic carbocycles. The first-order chi connectivity index (χ1) is 13.1. The van der Waals surface area contributed by atoms with Gasteiger partial charge in [-0.3, -0.25) is 9.69 Å². The summed E-state index contributed by atoms with van der Waals surface area (Å²) in [5.41, 5.74) is 7.96. The van der Waals surface area contributed by atoms with Gasteiger partial charge in [-0.05, 0) is 37.5 Å². The fourth-order valence-corrected chi connectivity index (χ4v) is 5.31. The van der Waals surface area contributed by atoms with Gasteiger partial charge >= 0.3 is 0 Å². The summed E-state index contributed by atoms with van der Waals surface area (Å²) in [5.74, 6) is 0.366. The van der Waals surface area contributed by atoms with Crippen molar-refractivity contribution in [3.05, 3.63) is 53.6 Å². The van der Waals surface area contributed by atoms with Crippen LogP contribution in [0.1, 0.15) is 53.8 Å². The van der Waals surface area contributed by atoms with Crippen LogP contribution in [0.2, 0.25) is 0 Å². The van der Waals surface area contributed by atoms with Crippen molar-refractivity contribution >= 4 is 18.3 Å². The number of carbonyl (C=O) groups excluding carboxylic acids is 1. The number of hydrogen-bond donors (Lipinski definition) is 2. The summed E-state index contributed by atoms with van der Waals surface area (Å²) in [7, 11) is 1.82. The lowest BCUT2D eigenvalue weighted by atomic mass is 9.62. The number of piperidine rings is 1. The summed E-state index contributed by atoms with van der Waals surface area (Å²) in [4.78, 5) is 21.7. The third-order valence-electron chi connectivity index (χ3n) is 6.68. The van der Waals surface area contributed by atoms with E-state index in [0.717, 1.165) is 37.2 Å². The van der Waals surface area contributed by atoms with E-state index in [1.165, 1.54) is 6.42 Å². The van der Waals surface area contributed by atoms with Crippen LogP contribution in [0.5, 0.6) is 0 Å². The molecule has 2 heterocycles. The molecular weight excluding hydrogens is 376 g/mol. The van der Waals surface area contributed by atoms with E-state index in [9.17, 15) is 4.79 Å². The summed E-state index contributed by atoms with van der Waals surface area (Å²) in [6, 6.07) is 8.02. The minimum Gasteiger partial charge on any atom is -0.373 e. The van der Waals surface area contributed by atoms with Crippen LogP contribution in [-0.4, -0.2) is 41.0 Å². The van der Waals surface area contributed by atoms with E-state index >= 15 is 0 Å². The first-order valence-corrected chi connectivity index (χ1v) is 9.74. The monoisotopic (exact) mass is 404 g/mol. The molecule has 3 atom stereocenters. The largest absolute Gasteiger partial charge is 0.373 e. The SMILES string of the molecule is COC1(c2cccc(C(N)=O)c2)C2CCCC1CN([C@H](C)c1cnc[nH]1)C2.Cl. The normalized spacial score (nSPS) is 28.4. The van der Waals surface area contributed by atoms with Crippen LogP contribution >= 0.6 is 12.4 Å². The second kappa shape index (κ2) is 8.23. The van der Waals surface area contributed by atoms with Gasteiger partial charge in [0, 0.05) is 49.8 Å². The molecule has 2 bridgehead atoms. The van der Waals surface area contributed by atoms with E-state index in [0.29, 0.717) is 23.4 Å². The van der Waals surface area contributed by atoms with Crippen molar-refractivity contribution in [3.63, 3.8) is 0 Å². The lowest BCUT2D eigenvalue weighted by Gasteiger charge is -2.56. The zero-order valence-corrected chi connectivity index (χ0v) is 17.2. The molecule has 152 valence electrons. The van der Waals surface area contributed by atoms with Crippen LogP contribution in [0, 0.1) is 11.8 Å². The average Bonchev–Trinajstić information content (AvgIpc) is 3.21. The van der Waals surface area contributed by atoms with Gasteiger partial charge in [0.1, 0.15) is 5.60 Å². The third-order valence-corrected chi connectivity index (χ3v) is 6.68. The number of carbonyl (C=O) groups is 1. The Bertz CT molecular complexity index is 796. The summed E-state index contributed by atoms with van der Waals surface area (Å²) in [5, 5.41) is 0. The van der Waals surface area contributed by atoms with Gasteiger partial charge in [-0.15, -0.1) is 12.4 Å². The van der Waals surface area contributed by atoms with Crippen LogP contribution in [0.4, 0.5) is 0 Å². The number of halogens is 1. The summed E-state index contributed by atoms with van der Waals surface area (Å²) in [6.07, 6.45) is 7.12. The number of likely N-dealkylation sites (tertiary alicyclic amines) is 1. The number of ether oxygens (including phenoxy) is 1. The number of nitrogens with two attached hydrogens (primary N) is 1. The van der Waals surface area contributed by atoms with Crippen LogP contribution in [-0.2, 0) is 10.3 Å². The van der Waals surface area contributed by atoms with Crippen LogP contribution in [0.3, 0.4) is 0 Å². The van der Waals surface area contributed by atoms with E-state index in [2.05, 4.69) is 27.9 Å². The minimum atomic E-state index is -0.390. The van der Waals surface area contributed by atoms with Crippen LogP contribution in [0.15, 0.2) is 36.8 Å². The number of aromatic nitrogens is 2. The first-order valence-electron chi connectivity index (χ1n) is 9.74. The van der Waals surface area contributed by atoms with Gasteiger partial charge < -0.3 is 15.5 Å². The molecule has 1 aromatic carbocycles. The molecule has 0 radical (unpaired) electrons. The highest BCUT2D eigenvalue weighted by molar-refractivity contribution is 5.92. The standard InChI is InChI=1S/C21H28N4O2.ClH/c1-14(19-10-23-13-24-19)25-11-17-7-4-8-18(12-25)21(17,27-2)16-6-3-5-15(9-16)20(22)26;/h3,5-6,9-10,13-14,17-18H,4,7-8,11-12H2,1-2H3,(H2,22,26)(H,23,24);1H/t14-,17?,18?,21?;/m1./s1. The fourth-order valence-electron chi connectivity index (χ4n) is 5.31. The Balaban J connectivity index is 0.00000225. The Morgan fingerprint density at radius 3 is 2.64 bits per heavy atom. The Kier molecular flexibility index (Phi) is 6.12. The molecular formula is C21H29ClN4O2. The number of imidazole rings is 1. The number of rotatable bonds is 5. The molecule has 2 unspecified atom stereocenters. The predicted molar refractivity (Wildman–Crippen MR) is 110 cm³/mol. The third kappa shape index (κ3) is 3.34. The molecule has 6 nitrogen and oxygen atoms in total. The molecule has 1 amide bonds. The van der Waals surface area contributed by atoms with Crippen molar-refractivity contribution in [2.75, 3.05) is 20.2 Å². The number of nitrogens with zero attached hydrogens (tertiary/aromatic N) is 2. The number of benzene rings is 1. The van der Waals surface area contributed by atoms with Gasteiger partial charge in [0.2, 0.25) is 5.91 Å². The predicted octanol–water partition coefficient (Wildman–Crippen LogP) is 3.27. The minimum absolute atomic E-state index is 0. The molecule has 1 saturated carbocycles. The van der Waals surface area contributed by atoms with Gasteiger partial charge in [0.15, 0.2) is 0 Å². The van der Waals surface area contributed by atoms with E-state index in [-0.39, 0.29) is 18.0 Å². The van der Waals surface area contributed by atoms with E-state index in [4.69, 9.17) is 10.5 Å². The van der Waals surface area contributed by atoms with Crippen molar-refractivity contribution in [2.45, 2.75) is 37.8 Å². The van der Waals surface area contributed by atoms with Crippen molar-refractivity contribution in [3.8, 4) is 0 Å². The molecule has 3 N–H and O–H groups in total. The number of nitrogens with one attached hydrogen (secondary N) is 1. The topological polar surface area (TPSA) is 84.2 Å². The molecule has 2 fully saturated rings. The van der Waals surface area contributed by atoms with Crippen molar-refractivity contribution in [2.24, 2.45) is 17.6 Å². The zero-order chi connectivity index (χ0) is 19.0. The lowest BCUT2D eigenvalue weighted by Crippen LogP contribution is -2.59. The number of aromatic amines is 1. The highest BCUT2D eigenvalue weighted by Gasteiger charge is 2.53. The zero-order valence-electron chi connectivity index (χ0n) is 16.4. The summed E-state index contributed by atoms with van der Waals surface area (Å²) in [6.45, 7) is 4.16. The Morgan fingerprint density at radius 2 is 2.07 bits per heavy atom. The van der Waals surface area contributed by atoms with Gasteiger partial charge in [-0.2, -0.15) is 0 Å². The smallest absolute Gasteiger partial charge is 0.248 e. The van der Waals surface area contributed by atoms with Gasteiger partial charge in [0.05, 0.1) is 12.0 Å². The Hall–Kier alpha value is -1.89. The molecule has 2 aliphatic rings. The molecule has 7 heteroatoms. The lowest BCUT2D eigenvalue weighted by molar-refractivity contribution is -0.174. The fraction of sp³-hybridized carbons (Fsp3) is 0.524. The second-order valence-corrected chi connectivity index (χ2v) is 7.90. The van der Waals surface area contributed by atoms with E-state index in [1.54, 1.807) is 12.4 Å². The highest BCUT2D eigenvalue weighted by atomic mass is 35.5. The average molecular weight is 405 g/mol. The maximum absolute atomic E-state index is 11.7. The quantitative estimate of drug-likeness (QED) is 0.800. The van der Waals surface area contributed by atoms with Crippen molar-refractivity contribution in [1.82, 2.24) is 14.9 Å². The van der Waals surface area contributed by atoms with Crippen molar-refractivity contribution in [1.29, 1.82) is 0 Å². The van der Waals surface area contributed by atoms with Crippen LogP contribution < -0.4 is 5.73 Å². The molecule has 1 aliphatic heterocycles. The maximum Gasteiger partial charge on any atom is 0.248 e. The Morgan fingerprint density at radius 1 is 1.36 bits per heavy atom. The molecule has 0 spiro atoms. The maximum atomic E-state index is 11.7. The number of amides is 1. The van der Waals surface area contributed by atoms with E-state index < -0.39 is 5.91 Å². The van der Waals surface area contributed by atoms with Gasteiger partial charge in [0.25, 0.3) is 0 Å². The molecule has 28 heavy (non-hydrogen) atoms. The van der Waals surface area contributed by atoms with Gasteiger partial charge in [-0.25, -0.2) is 4.98 Å². The number of methoxy groups -OCH3 is 1. The van der Waals surface area contributed by atoms with Crippen molar-refractivity contribution < 1.29 is 9.53 Å². The van der Waals surface area contributed by atoms with E-state index in [1.807, 2.05) is 25.4 Å². The summed E-state index contributed by atoms with van der Waals surface area (Å²) < 4.78 is 6.29. The van der Waals surface area contributed by atoms with Gasteiger partial charge in [-0.1, -0.05) is 18.6 Å². The highest BCUT2D eigenvalue weighted by Crippen LogP contribution is 2.52. The Labute approximate surface area is 172 Å². The number of primary amides is 1. The summed E-state index contributed by atoms with van der Waals surface area (Å²) >= 11 is 0. The number of H-pyrrole nitrogens is 1. The molecule has 4 rings (SSSR count). The first kappa shape index (κ1) is 20.8. The van der Waals surface area contributed by atoms with Crippen LogP contribution in [0.25, 0.3) is 0 Å². The number of hydrogen-bond acceptors (Lipinski definition) is 4. The number of fused-ring (bicyclic) bond motifs is 2.